The minimum absolute atomic E-state index is 0.0165. The standard InChI is InChI=1S/C29H25NO11S/c1-36-19-6-5-15(9-18(19)31)25-26-17-12-23(39-4)24(41-42(33,34)35)13-20(17)40-29(32)28(26)30-8-7-14-10-21(37-2)22(38-3)11-16(14)27(25)30/h5-13,26,28,31H,1-4H3,(H,33,34,35). The van der Waals surface area contributed by atoms with Crippen LogP contribution in [0.4, 0.5) is 0 Å². The molecule has 12 nitrogen and oxygen atoms in total. The Morgan fingerprint density at radius 1 is 0.857 bits per heavy atom. The van der Waals surface area contributed by atoms with Gasteiger partial charge in [0.05, 0.1) is 34.1 Å². The van der Waals surface area contributed by atoms with Crippen LogP contribution in [0, 0.1) is 0 Å². The predicted octanol–water partition coefficient (Wildman–Crippen LogP) is 3.85. The first kappa shape index (κ1) is 27.3. The number of aromatic hydroxyl groups is 1. The lowest BCUT2D eigenvalue weighted by atomic mass is 9.81. The van der Waals surface area contributed by atoms with Gasteiger partial charge in [-0.2, -0.15) is 8.42 Å². The first-order chi connectivity index (χ1) is 20.1. The minimum Gasteiger partial charge on any atom is -0.504 e. The Morgan fingerprint density at radius 3 is 2.17 bits per heavy atom. The zero-order chi connectivity index (χ0) is 29.9. The lowest BCUT2D eigenvalue weighted by molar-refractivity contribution is -0.139. The van der Waals surface area contributed by atoms with Crippen LogP contribution >= 0.6 is 0 Å². The van der Waals surface area contributed by atoms with Crippen molar-refractivity contribution in [3.8, 4) is 40.2 Å². The van der Waals surface area contributed by atoms with Crippen LogP contribution in [0.5, 0.6) is 40.2 Å². The monoisotopic (exact) mass is 595 g/mol. The van der Waals surface area contributed by atoms with E-state index in [9.17, 15) is 22.9 Å². The number of rotatable bonds is 7. The van der Waals surface area contributed by atoms with Crippen LogP contribution < -0.4 is 27.9 Å². The van der Waals surface area contributed by atoms with Gasteiger partial charge in [-0.15, -0.1) is 0 Å². The van der Waals surface area contributed by atoms with Gasteiger partial charge in [-0.25, -0.2) is 4.79 Å². The van der Waals surface area contributed by atoms with Crippen molar-refractivity contribution in [2.75, 3.05) is 28.4 Å². The zero-order valence-electron chi connectivity index (χ0n) is 22.8. The quantitative estimate of drug-likeness (QED) is 0.232. The van der Waals surface area contributed by atoms with Crippen molar-refractivity contribution in [2.24, 2.45) is 0 Å². The topological polar surface area (TPSA) is 150 Å². The number of hydrogen-bond donors (Lipinski definition) is 2. The Morgan fingerprint density at radius 2 is 1.52 bits per heavy atom. The molecule has 0 radical (unpaired) electrons. The summed E-state index contributed by atoms with van der Waals surface area (Å²) in [5, 5.41) is 10.7. The number of carbonyl (C=O) groups is 1. The molecule has 0 fully saturated rings. The first-order valence-electron chi connectivity index (χ1n) is 12.5. The van der Waals surface area contributed by atoms with Crippen molar-refractivity contribution >= 4 is 33.7 Å². The number of ether oxygens (including phenoxy) is 5. The van der Waals surface area contributed by atoms with Gasteiger partial charge in [0.1, 0.15) is 11.8 Å². The maximum atomic E-state index is 13.6. The molecule has 2 unspecified atom stereocenters. The van der Waals surface area contributed by atoms with Crippen LogP contribution in [0.25, 0.3) is 17.3 Å². The minimum atomic E-state index is -4.90. The molecular formula is C29H25NO11S. The molecule has 42 heavy (non-hydrogen) atoms. The molecule has 3 aromatic rings. The second-order valence-electron chi connectivity index (χ2n) is 9.56. The molecule has 0 amide bonds. The summed E-state index contributed by atoms with van der Waals surface area (Å²) in [5.74, 6) is -0.495. The summed E-state index contributed by atoms with van der Waals surface area (Å²) >= 11 is 0. The summed E-state index contributed by atoms with van der Waals surface area (Å²) in [4.78, 5) is 15.4. The maximum absolute atomic E-state index is 13.6. The van der Waals surface area contributed by atoms with Crippen LogP contribution in [0.3, 0.4) is 0 Å². The lowest BCUT2D eigenvalue weighted by Gasteiger charge is -2.34. The molecule has 0 spiro atoms. The van der Waals surface area contributed by atoms with E-state index in [1.54, 1.807) is 36.4 Å². The molecule has 2 atom stereocenters. The molecule has 3 aliphatic rings. The van der Waals surface area contributed by atoms with Gasteiger partial charge in [-0.05, 0) is 53.1 Å². The molecule has 6 rings (SSSR count). The molecule has 2 N–H and O–H groups in total. The summed E-state index contributed by atoms with van der Waals surface area (Å²) in [6.07, 6.45) is 3.62. The second-order valence-corrected chi connectivity index (χ2v) is 10.6. The summed E-state index contributed by atoms with van der Waals surface area (Å²) in [6.45, 7) is 0. The first-order valence-corrected chi connectivity index (χ1v) is 13.9. The highest BCUT2D eigenvalue weighted by Crippen LogP contribution is 2.58. The van der Waals surface area contributed by atoms with Gasteiger partial charge in [-0.3, -0.25) is 4.55 Å². The van der Waals surface area contributed by atoms with E-state index >= 15 is 0 Å². The summed E-state index contributed by atoms with van der Waals surface area (Å²) in [5.41, 5.74) is 3.95. The van der Waals surface area contributed by atoms with E-state index in [1.165, 1.54) is 33.5 Å². The molecule has 13 heteroatoms. The average Bonchev–Trinajstić information content (AvgIpc) is 3.31. The number of nitrogens with zero attached hydrogens (tertiary/aromatic N) is 1. The van der Waals surface area contributed by atoms with Crippen molar-refractivity contribution in [2.45, 2.75) is 12.0 Å². The van der Waals surface area contributed by atoms with E-state index in [-0.39, 0.29) is 28.7 Å². The highest BCUT2D eigenvalue weighted by Gasteiger charge is 2.52. The van der Waals surface area contributed by atoms with Gasteiger partial charge in [0.25, 0.3) is 0 Å². The van der Waals surface area contributed by atoms with E-state index in [4.69, 9.17) is 23.7 Å². The van der Waals surface area contributed by atoms with E-state index in [2.05, 4.69) is 4.18 Å². The van der Waals surface area contributed by atoms with Gasteiger partial charge in [-0.1, -0.05) is 6.07 Å². The van der Waals surface area contributed by atoms with Crippen molar-refractivity contribution < 1.29 is 50.7 Å². The van der Waals surface area contributed by atoms with Crippen molar-refractivity contribution in [3.63, 3.8) is 0 Å². The number of methoxy groups -OCH3 is 4. The van der Waals surface area contributed by atoms with Crippen molar-refractivity contribution in [3.05, 3.63) is 70.9 Å². The largest absolute Gasteiger partial charge is 0.504 e. The van der Waals surface area contributed by atoms with Crippen LogP contribution in [0.1, 0.15) is 28.2 Å². The Kier molecular flexibility index (Phi) is 6.43. The Hall–Kier alpha value is -4.88. The lowest BCUT2D eigenvalue weighted by Crippen LogP contribution is -2.43. The van der Waals surface area contributed by atoms with Crippen molar-refractivity contribution in [1.82, 2.24) is 4.90 Å². The Balaban J connectivity index is 1.65. The third-order valence-electron chi connectivity index (χ3n) is 7.43. The summed E-state index contributed by atoms with van der Waals surface area (Å²) < 4.78 is 64.3. The molecule has 3 heterocycles. The SMILES string of the molecule is COc1ccc(C2=C3c4cc(OC)c(OC)cc4C=CN3C3C(=O)Oc4cc(OS(=O)(=O)O)c(OC)cc4C23)cc1O. The van der Waals surface area contributed by atoms with Gasteiger partial charge in [0, 0.05) is 29.3 Å². The molecule has 0 saturated heterocycles. The maximum Gasteiger partial charge on any atom is 0.446 e. The molecule has 3 aliphatic heterocycles. The average molecular weight is 596 g/mol. The molecular weight excluding hydrogens is 570 g/mol. The van der Waals surface area contributed by atoms with Crippen LogP contribution in [0.15, 0.2) is 48.7 Å². The molecule has 0 aliphatic carbocycles. The van der Waals surface area contributed by atoms with Crippen LogP contribution in [0.2, 0.25) is 0 Å². The number of esters is 1. The predicted molar refractivity (Wildman–Crippen MR) is 149 cm³/mol. The zero-order valence-corrected chi connectivity index (χ0v) is 23.6. The Bertz CT molecular complexity index is 1810. The van der Waals surface area contributed by atoms with Gasteiger partial charge in [0.15, 0.2) is 34.5 Å². The smallest absolute Gasteiger partial charge is 0.446 e. The number of fused-ring (bicyclic) bond motifs is 7. The fourth-order valence-electron chi connectivity index (χ4n) is 5.74. The van der Waals surface area contributed by atoms with E-state index in [0.29, 0.717) is 33.9 Å². The molecule has 0 aromatic heterocycles. The van der Waals surface area contributed by atoms with Gasteiger partial charge >= 0.3 is 16.4 Å². The number of phenols is 1. The third kappa shape index (κ3) is 4.25. The fraction of sp³-hybridized carbons (Fsp3) is 0.207. The third-order valence-corrected chi connectivity index (χ3v) is 7.82. The second kappa shape index (κ2) is 9.89. The highest BCUT2D eigenvalue weighted by atomic mass is 32.3. The fourth-order valence-corrected chi connectivity index (χ4v) is 6.10. The number of benzene rings is 3. The summed E-state index contributed by atoms with van der Waals surface area (Å²) in [6, 6.07) is 10.4. The molecule has 218 valence electrons. The molecule has 0 bridgehead atoms. The van der Waals surface area contributed by atoms with Gasteiger partial charge in [0.2, 0.25) is 0 Å². The van der Waals surface area contributed by atoms with Crippen LogP contribution in [-0.2, 0) is 15.2 Å². The van der Waals surface area contributed by atoms with E-state index in [0.717, 1.165) is 11.1 Å². The van der Waals surface area contributed by atoms with Crippen LogP contribution in [-0.4, -0.2) is 63.4 Å². The molecule has 0 saturated carbocycles. The molecule has 3 aromatic carbocycles. The normalized spacial score (nSPS) is 18.4. The van der Waals surface area contributed by atoms with E-state index < -0.39 is 28.3 Å². The Labute approximate surface area is 240 Å². The number of phenolic OH excluding ortho intramolecular Hbond substituents is 1. The number of carbonyl (C=O) groups excluding carboxylic acids is 1. The van der Waals surface area contributed by atoms with Gasteiger partial charge < -0.3 is 37.9 Å². The van der Waals surface area contributed by atoms with E-state index in [1.807, 2.05) is 18.2 Å². The summed E-state index contributed by atoms with van der Waals surface area (Å²) in [7, 11) is 0.911. The highest BCUT2D eigenvalue weighted by molar-refractivity contribution is 7.81. The van der Waals surface area contributed by atoms with Crippen molar-refractivity contribution in [1.29, 1.82) is 0 Å². The number of hydrogen-bond acceptors (Lipinski definition) is 11.